The zero-order chi connectivity index (χ0) is 15.9. The number of anilines is 1. The van der Waals surface area contributed by atoms with Crippen molar-refractivity contribution in [2.45, 2.75) is 25.7 Å². The molecule has 0 fully saturated rings. The number of benzene rings is 1. The molecule has 0 saturated carbocycles. The van der Waals surface area contributed by atoms with E-state index in [0.717, 1.165) is 25.0 Å². The lowest BCUT2D eigenvalue weighted by molar-refractivity contribution is -0.116. The van der Waals surface area contributed by atoms with Gasteiger partial charge in [0, 0.05) is 6.42 Å². The number of carbonyl (C=O) groups is 1. The Labute approximate surface area is 135 Å². The van der Waals surface area contributed by atoms with Gasteiger partial charge in [-0.05, 0) is 37.3 Å². The fourth-order valence-corrected chi connectivity index (χ4v) is 2.52. The maximum absolute atomic E-state index is 12.0. The minimum atomic E-state index is -0.0572. The fraction of sp³-hybridized carbons (Fsp3) is 0.278. The van der Waals surface area contributed by atoms with Gasteiger partial charge in [0.15, 0.2) is 5.75 Å². The third kappa shape index (κ3) is 4.64. The summed E-state index contributed by atoms with van der Waals surface area (Å²) < 4.78 is 5.61. The summed E-state index contributed by atoms with van der Waals surface area (Å²) in [5.74, 6) is 1.82. The van der Waals surface area contributed by atoms with E-state index in [0.29, 0.717) is 24.0 Å². The average Bonchev–Trinajstić information content (AvgIpc) is 2.58. The second kappa shape index (κ2) is 7.54. The third-order valence-electron chi connectivity index (χ3n) is 3.66. The molecule has 118 valence electrons. The highest BCUT2D eigenvalue weighted by Crippen LogP contribution is 2.21. The van der Waals surface area contributed by atoms with Crippen molar-refractivity contribution in [3.63, 3.8) is 0 Å². The molecule has 0 bridgehead atoms. The van der Waals surface area contributed by atoms with Crippen LogP contribution in [-0.4, -0.2) is 15.9 Å². The number of hydrogen-bond acceptors (Lipinski definition) is 4. The molecule has 1 atom stereocenters. The van der Waals surface area contributed by atoms with Gasteiger partial charge in [0.2, 0.25) is 11.9 Å². The van der Waals surface area contributed by atoms with Crippen LogP contribution in [-0.2, 0) is 4.79 Å². The smallest absolute Gasteiger partial charge is 0.229 e. The van der Waals surface area contributed by atoms with E-state index in [-0.39, 0.29) is 5.91 Å². The Bertz CT molecular complexity index is 668. The Morgan fingerprint density at radius 3 is 2.65 bits per heavy atom. The molecule has 0 saturated heterocycles. The fourth-order valence-electron chi connectivity index (χ4n) is 2.52. The lowest BCUT2D eigenvalue weighted by Gasteiger charge is -2.15. The van der Waals surface area contributed by atoms with Crippen LogP contribution in [0.5, 0.6) is 11.5 Å². The normalized spacial score (nSPS) is 16.8. The van der Waals surface area contributed by atoms with Crippen LogP contribution in [0, 0.1) is 5.92 Å². The number of rotatable bonds is 5. The zero-order valence-electron chi connectivity index (χ0n) is 12.8. The predicted molar refractivity (Wildman–Crippen MR) is 88.3 cm³/mol. The van der Waals surface area contributed by atoms with Gasteiger partial charge < -0.3 is 4.74 Å². The minimum Gasteiger partial charge on any atom is -0.454 e. The lowest BCUT2D eigenvalue weighted by Crippen LogP contribution is -2.18. The van der Waals surface area contributed by atoms with Crippen molar-refractivity contribution in [2.75, 3.05) is 5.32 Å². The number of amides is 1. The molecule has 0 spiro atoms. The molecule has 0 radical (unpaired) electrons. The molecule has 1 heterocycles. The number of allylic oxidation sites excluding steroid dienone is 2. The molecule has 1 aliphatic carbocycles. The van der Waals surface area contributed by atoms with Gasteiger partial charge in [-0.3, -0.25) is 10.1 Å². The van der Waals surface area contributed by atoms with E-state index in [9.17, 15) is 4.79 Å². The molecule has 1 aromatic carbocycles. The van der Waals surface area contributed by atoms with E-state index >= 15 is 0 Å². The van der Waals surface area contributed by atoms with Crippen molar-refractivity contribution >= 4 is 11.9 Å². The highest BCUT2D eigenvalue weighted by Gasteiger charge is 2.14. The molecular formula is C18H19N3O2. The van der Waals surface area contributed by atoms with Gasteiger partial charge in [-0.25, -0.2) is 9.97 Å². The van der Waals surface area contributed by atoms with Crippen LogP contribution in [0.1, 0.15) is 25.7 Å². The van der Waals surface area contributed by atoms with Crippen LogP contribution in [0.3, 0.4) is 0 Å². The molecule has 3 rings (SSSR count). The Kier molecular flexibility index (Phi) is 4.99. The van der Waals surface area contributed by atoms with Crippen molar-refractivity contribution in [1.29, 1.82) is 0 Å². The maximum Gasteiger partial charge on any atom is 0.229 e. The van der Waals surface area contributed by atoms with Crippen molar-refractivity contribution in [2.24, 2.45) is 5.92 Å². The van der Waals surface area contributed by atoms with Gasteiger partial charge in [0.1, 0.15) is 5.75 Å². The van der Waals surface area contributed by atoms with E-state index < -0.39 is 0 Å². The number of ether oxygens (including phenoxy) is 1. The summed E-state index contributed by atoms with van der Waals surface area (Å²) in [7, 11) is 0. The van der Waals surface area contributed by atoms with Gasteiger partial charge in [-0.2, -0.15) is 0 Å². The zero-order valence-corrected chi connectivity index (χ0v) is 12.8. The minimum absolute atomic E-state index is 0.0572. The molecule has 23 heavy (non-hydrogen) atoms. The molecule has 1 unspecified atom stereocenters. The van der Waals surface area contributed by atoms with E-state index in [4.69, 9.17) is 4.74 Å². The molecule has 0 aliphatic heterocycles. The van der Waals surface area contributed by atoms with Crippen LogP contribution in [0.15, 0.2) is 54.9 Å². The molecule has 1 amide bonds. The second-order valence-electron chi connectivity index (χ2n) is 5.53. The van der Waals surface area contributed by atoms with E-state index in [1.54, 1.807) is 12.4 Å². The van der Waals surface area contributed by atoms with E-state index in [1.165, 1.54) is 0 Å². The summed E-state index contributed by atoms with van der Waals surface area (Å²) in [5, 5.41) is 2.73. The summed E-state index contributed by atoms with van der Waals surface area (Å²) in [5.41, 5.74) is 0. The third-order valence-corrected chi connectivity index (χ3v) is 3.66. The van der Waals surface area contributed by atoms with Gasteiger partial charge in [-0.1, -0.05) is 30.4 Å². The summed E-state index contributed by atoms with van der Waals surface area (Å²) in [4.78, 5) is 20.2. The molecule has 1 N–H and O–H groups in total. The summed E-state index contributed by atoms with van der Waals surface area (Å²) >= 11 is 0. The first-order valence-corrected chi connectivity index (χ1v) is 7.81. The average molecular weight is 309 g/mol. The molecule has 5 heteroatoms. The van der Waals surface area contributed by atoms with Gasteiger partial charge in [0.25, 0.3) is 0 Å². The number of nitrogens with one attached hydrogen (secondary N) is 1. The first-order chi connectivity index (χ1) is 11.3. The Balaban J connectivity index is 1.53. The number of hydrogen-bond donors (Lipinski definition) is 1. The highest BCUT2D eigenvalue weighted by molar-refractivity contribution is 5.89. The van der Waals surface area contributed by atoms with Crippen LogP contribution in [0.4, 0.5) is 5.95 Å². The number of carbonyl (C=O) groups excluding carboxylic acids is 1. The maximum atomic E-state index is 12.0. The Morgan fingerprint density at radius 2 is 1.96 bits per heavy atom. The van der Waals surface area contributed by atoms with Crippen molar-refractivity contribution in [1.82, 2.24) is 9.97 Å². The first-order valence-electron chi connectivity index (χ1n) is 7.81. The highest BCUT2D eigenvalue weighted by atomic mass is 16.5. The van der Waals surface area contributed by atoms with Crippen molar-refractivity contribution in [3.8, 4) is 11.5 Å². The number of aromatic nitrogens is 2. The van der Waals surface area contributed by atoms with Gasteiger partial charge >= 0.3 is 0 Å². The number of nitrogens with zero attached hydrogens (tertiary/aromatic N) is 2. The summed E-state index contributed by atoms with van der Waals surface area (Å²) in [6, 6.07) is 9.42. The Morgan fingerprint density at radius 1 is 1.17 bits per heavy atom. The van der Waals surface area contributed by atoms with Crippen molar-refractivity contribution in [3.05, 3.63) is 54.9 Å². The molecular weight excluding hydrogens is 290 g/mol. The van der Waals surface area contributed by atoms with Crippen LogP contribution < -0.4 is 10.1 Å². The largest absolute Gasteiger partial charge is 0.454 e. The summed E-state index contributed by atoms with van der Waals surface area (Å²) in [6.07, 6.45) is 11.2. The standard InChI is InChI=1S/C18H19N3O2/c22-17(11-14-7-3-1-4-8-14)21-18-19-12-16(13-20-18)23-15-9-5-2-6-10-15/h2-3,5-7,9-10,12-14H,1,4,8,11H2,(H,19,20,21,22). The van der Waals surface area contributed by atoms with Crippen LogP contribution >= 0.6 is 0 Å². The SMILES string of the molecule is O=C(CC1C=CCCC1)Nc1ncc(Oc2ccccc2)cn1. The van der Waals surface area contributed by atoms with Crippen molar-refractivity contribution < 1.29 is 9.53 Å². The van der Waals surface area contributed by atoms with E-state index in [2.05, 4.69) is 27.4 Å². The van der Waals surface area contributed by atoms with E-state index in [1.807, 2.05) is 30.3 Å². The molecule has 2 aromatic rings. The second-order valence-corrected chi connectivity index (χ2v) is 5.53. The first kappa shape index (κ1) is 15.2. The van der Waals surface area contributed by atoms with Crippen LogP contribution in [0.2, 0.25) is 0 Å². The van der Waals surface area contributed by atoms with Gasteiger partial charge in [-0.15, -0.1) is 0 Å². The predicted octanol–water partition coefficient (Wildman–Crippen LogP) is 3.95. The summed E-state index contributed by atoms with van der Waals surface area (Å²) in [6.45, 7) is 0. The van der Waals surface area contributed by atoms with Crippen LogP contribution in [0.25, 0.3) is 0 Å². The topological polar surface area (TPSA) is 64.1 Å². The monoisotopic (exact) mass is 309 g/mol. The lowest BCUT2D eigenvalue weighted by atomic mass is 9.93. The Hall–Kier alpha value is -2.69. The molecule has 5 nitrogen and oxygen atoms in total. The van der Waals surface area contributed by atoms with Gasteiger partial charge in [0.05, 0.1) is 12.4 Å². The molecule has 1 aliphatic rings. The quantitative estimate of drug-likeness (QED) is 0.849. The molecule has 1 aromatic heterocycles. The number of para-hydroxylation sites is 1.